The summed E-state index contributed by atoms with van der Waals surface area (Å²) in [5.74, 6) is 1.31. The summed E-state index contributed by atoms with van der Waals surface area (Å²) in [6.07, 6.45) is 6.27. The van der Waals surface area contributed by atoms with Gasteiger partial charge in [0.2, 0.25) is 0 Å². The summed E-state index contributed by atoms with van der Waals surface area (Å²) in [6, 6.07) is 10.6. The van der Waals surface area contributed by atoms with E-state index in [1.165, 1.54) is 17.5 Å². The Balaban J connectivity index is 1.38. The SMILES string of the molecule is C#Cc1cnc(C(=O)O)c(S[C@H]2OC3COC(c4ccccc4)O[C@@H]3C(n3cc(-c4nc(Cl)cs4)nn3)C2OC)c1. The fraction of sp³-hybridized carbons (Fsp3) is 0.296. The van der Waals surface area contributed by atoms with Gasteiger partial charge in [-0.05, 0) is 6.07 Å². The van der Waals surface area contributed by atoms with Crippen molar-refractivity contribution in [2.24, 2.45) is 0 Å². The summed E-state index contributed by atoms with van der Waals surface area (Å²) in [5, 5.41) is 21.2. The number of aromatic nitrogens is 5. The van der Waals surface area contributed by atoms with Gasteiger partial charge in [-0.3, -0.25) is 0 Å². The summed E-state index contributed by atoms with van der Waals surface area (Å²) < 4.78 is 26.7. The number of pyridine rings is 1. The van der Waals surface area contributed by atoms with Crippen LogP contribution in [0.4, 0.5) is 0 Å². The number of ether oxygens (including phenoxy) is 4. The summed E-state index contributed by atoms with van der Waals surface area (Å²) in [4.78, 5) is 20.7. The monoisotopic (exact) mass is 611 g/mol. The van der Waals surface area contributed by atoms with Crippen LogP contribution in [-0.2, 0) is 18.9 Å². The number of benzene rings is 1. The van der Waals surface area contributed by atoms with Crippen molar-refractivity contribution in [3.8, 4) is 23.0 Å². The van der Waals surface area contributed by atoms with Crippen LogP contribution in [0.1, 0.15) is 33.9 Å². The predicted octanol–water partition coefficient (Wildman–Crippen LogP) is 4.32. The van der Waals surface area contributed by atoms with Crippen molar-refractivity contribution in [1.29, 1.82) is 0 Å². The summed E-state index contributed by atoms with van der Waals surface area (Å²) in [5.41, 5.74) is 0.983. The van der Waals surface area contributed by atoms with Crippen LogP contribution in [0.3, 0.4) is 0 Å². The molecule has 1 N–H and O–H groups in total. The molecule has 3 aromatic heterocycles. The van der Waals surface area contributed by atoms with E-state index in [4.69, 9.17) is 37.0 Å². The number of carboxylic acid groups (broad SMARTS) is 1. The number of nitrogens with zero attached hydrogens (tertiary/aromatic N) is 5. The Hall–Kier alpha value is -3.35. The van der Waals surface area contributed by atoms with Gasteiger partial charge in [-0.15, -0.1) is 22.9 Å². The first-order valence-corrected chi connectivity index (χ1v) is 14.5. The maximum absolute atomic E-state index is 12.0. The molecule has 2 saturated heterocycles. The number of rotatable bonds is 7. The molecule has 4 aromatic rings. The molecule has 1 aromatic carbocycles. The van der Waals surface area contributed by atoms with E-state index in [-0.39, 0.29) is 12.3 Å². The van der Waals surface area contributed by atoms with Crippen LogP contribution in [0.15, 0.2) is 59.1 Å². The third-order valence-corrected chi connectivity index (χ3v) is 8.99. The normalized spacial score (nSPS) is 25.8. The standard InChI is InChI=1S/C27H22ClN5O6S2/c1-3-14-9-18(20(25(34)35)29-10-14)41-27-23(36-2)21(33-11-16(31-32-33)24-30-19(28)13-40-24)22-17(38-27)12-37-26(39-22)15-7-5-4-6-8-15/h1,4-11,13,17,21-23,26-27H,12H2,2H3,(H,34,35)/t17?,21?,22-,23?,26?,27+/m0/s1. The van der Waals surface area contributed by atoms with Crippen LogP contribution >= 0.6 is 34.7 Å². The largest absolute Gasteiger partial charge is 0.476 e. The molecule has 6 atom stereocenters. The first-order chi connectivity index (χ1) is 19.9. The van der Waals surface area contributed by atoms with Gasteiger partial charge < -0.3 is 24.1 Å². The van der Waals surface area contributed by atoms with Crippen molar-refractivity contribution in [3.05, 3.63) is 76.1 Å². The number of hydrogen-bond donors (Lipinski definition) is 1. The Morgan fingerprint density at radius 1 is 1.32 bits per heavy atom. The van der Waals surface area contributed by atoms with E-state index < -0.39 is 42.0 Å². The number of terminal acetylenes is 1. The van der Waals surface area contributed by atoms with Gasteiger partial charge in [-0.1, -0.05) is 64.8 Å². The molecule has 2 aliphatic rings. The highest BCUT2D eigenvalue weighted by molar-refractivity contribution is 8.00. The van der Waals surface area contributed by atoms with Gasteiger partial charge in [0.05, 0.1) is 12.8 Å². The molecule has 41 heavy (non-hydrogen) atoms. The third kappa shape index (κ3) is 5.60. The van der Waals surface area contributed by atoms with Gasteiger partial charge in [-0.2, -0.15) is 0 Å². The van der Waals surface area contributed by atoms with Crippen molar-refractivity contribution in [2.75, 3.05) is 13.7 Å². The molecule has 14 heteroatoms. The first kappa shape index (κ1) is 27.8. The smallest absolute Gasteiger partial charge is 0.355 e. The molecule has 0 amide bonds. The van der Waals surface area contributed by atoms with E-state index in [1.807, 2.05) is 30.3 Å². The Kier molecular flexibility index (Phi) is 8.05. The molecule has 0 spiro atoms. The van der Waals surface area contributed by atoms with E-state index >= 15 is 0 Å². The van der Waals surface area contributed by atoms with Gasteiger partial charge in [0.15, 0.2) is 12.0 Å². The molecule has 2 fully saturated rings. The summed E-state index contributed by atoms with van der Waals surface area (Å²) >= 11 is 8.55. The second-order valence-corrected chi connectivity index (χ2v) is 11.5. The van der Waals surface area contributed by atoms with Crippen molar-refractivity contribution in [3.63, 3.8) is 0 Å². The number of carbonyl (C=O) groups is 1. The molecule has 0 aliphatic carbocycles. The summed E-state index contributed by atoms with van der Waals surface area (Å²) in [6.45, 7) is 0.215. The lowest BCUT2D eigenvalue weighted by molar-refractivity contribution is -0.308. The van der Waals surface area contributed by atoms with E-state index in [2.05, 4.69) is 26.2 Å². The molecule has 210 valence electrons. The van der Waals surface area contributed by atoms with Crippen LogP contribution < -0.4 is 0 Å². The second-order valence-electron chi connectivity index (χ2n) is 9.11. The number of fused-ring (bicyclic) bond motifs is 1. The van der Waals surface area contributed by atoms with E-state index in [0.29, 0.717) is 26.3 Å². The molecular weight excluding hydrogens is 590 g/mol. The topological polar surface area (TPSA) is 131 Å². The molecule has 2 aliphatic heterocycles. The van der Waals surface area contributed by atoms with Gasteiger partial charge in [0.25, 0.3) is 0 Å². The zero-order valence-electron chi connectivity index (χ0n) is 21.4. The molecule has 11 nitrogen and oxygen atoms in total. The van der Waals surface area contributed by atoms with Crippen LogP contribution in [0, 0.1) is 12.3 Å². The number of hydrogen-bond acceptors (Lipinski definition) is 11. The Labute approximate surface area is 247 Å². The van der Waals surface area contributed by atoms with Crippen molar-refractivity contribution < 1.29 is 28.8 Å². The fourth-order valence-corrected chi connectivity index (χ4v) is 6.98. The summed E-state index contributed by atoms with van der Waals surface area (Å²) in [7, 11) is 1.55. The van der Waals surface area contributed by atoms with Crippen LogP contribution in [0.5, 0.6) is 0 Å². The fourth-order valence-electron chi connectivity index (χ4n) is 4.78. The third-order valence-electron chi connectivity index (χ3n) is 6.63. The number of halogens is 1. The van der Waals surface area contributed by atoms with Gasteiger partial charge >= 0.3 is 5.97 Å². The highest BCUT2D eigenvalue weighted by atomic mass is 35.5. The quantitative estimate of drug-likeness (QED) is 0.300. The lowest BCUT2D eigenvalue weighted by atomic mass is 9.96. The molecule has 6 rings (SSSR count). The lowest BCUT2D eigenvalue weighted by Gasteiger charge is -2.48. The molecule has 0 bridgehead atoms. The average Bonchev–Trinajstić information content (AvgIpc) is 3.65. The maximum atomic E-state index is 12.0. The van der Waals surface area contributed by atoms with E-state index in [0.717, 1.165) is 17.3 Å². The van der Waals surface area contributed by atoms with E-state index in [9.17, 15) is 9.90 Å². The molecular formula is C27H22ClN5O6S2. The zero-order valence-corrected chi connectivity index (χ0v) is 23.8. The zero-order chi connectivity index (χ0) is 28.5. The molecule has 0 radical (unpaired) electrons. The number of methoxy groups -OCH3 is 1. The number of aromatic carboxylic acids is 1. The Morgan fingerprint density at radius 3 is 2.85 bits per heavy atom. The lowest BCUT2D eigenvalue weighted by Crippen LogP contribution is -2.59. The number of carboxylic acids is 1. The Morgan fingerprint density at radius 2 is 2.15 bits per heavy atom. The van der Waals surface area contributed by atoms with Crippen molar-refractivity contribution >= 4 is 40.7 Å². The van der Waals surface area contributed by atoms with Gasteiger partial charge in [-0.25, -0.2) is 19.4 Å². The van der Waals surface area contributed by atoms with Crippen LogP contribution in [0.25, 0.3) is 10.7 Å². The van der Waals surface area contributed by atoms with Gasteiger partial charge in [0, 0.05) is 34.7 Å². The molecule has 4 unspecified atom stereocenters. The predicted molar refractivity (Wildman–Crippen MR) is 150 cm³/mol. The van der Waals surface area contributed by atoms with Gasteiger partial charge in [0.1, 0.15) is 45.6 Å². The average molecular weight is 612 g/mol. The highest BCUT2D eigenvalue weighted by Gasteiger charge is 2.52. The minimum atomic E-state index is -1.19. The number of thiazole rings is 1. The van der Waals surface area contributed by atoms with Crippen molar-refractivity contribution in [2.45, 2.75) is 41.0 Å². The first-order valence-electron chi connectivity index (χ1n) is 12.3. The van der Waals surface area contributed by atoms with Crippen molar-refractivity contribution in [1.82, 2.24) is 25.0 Å². The Bertz CT molecular complexity index is 1590. The minimum absolute atomic E-state index is 0.143. The minimum Gasteiger partial charge on any atom is -0.476 e. The molecule has 5 heterocycles. The van der Waals surface area contributed by atoms with Crippen LogP contribution in [0.2, 0.25) is 5.15 Å². The van der Waals surface area contributed by atoms with Crippen LogP contribution in [-0.4, -0.2) is 73.5 Å². The molecule has 0 saturated carbocycles. The second kappa shape index (κ2) is 11.9. The highest BCUT2D eigenvalue weighted by Crippen LogP contribution is 2.45. The number of thioether (sulfide) groups is 1. The maximum Gasteiger partial charge on any atom is 0.355 e. The van der Waals surface area contributed by atoms with E-state index in [1.54, 1.807) is 29.4 Å².